The van der Waals surface area contributed by atoms with Gasteiger partial charge in [-0.25, -0.2) is 14.5 Å². The highest BCUT2D eigenvalue weighted by molar-refractivity contribution is 6.30. The van der Waals surface area contributed by atoms with Crippen LogP contribution in [0.5, 0.6) is 0 Å². The van der Waals surface area contributed by atoms with Gasteiger partial charge in [0, 0.05) is 30.9 Å². The Morgan fingerprint density at radius 2 is 2.15 bits per heavy atom. The minimum absolute atomic E-state index is 0.147. The summed E-state index contributed by atoms with van der Waals surface area (Å²) in [5.74, 6) is -0.645. The lowest BCUT2D eigenvalue weighted by Crippen LogP contribution is -2.49. The van der Waals surface area contributed by atoms with Crippen LogP contribution in [-0.4, -0.2) is 49.9 Å². The number of nitrogens with one attached hydrogen (secondary N) is 1. The highest BCUT2D eigenvalue weighted by Crippen LogP contribution is 2.22. The van der Waals surface area contributed by atoms with E-state index in [0.29, 0.717) is 23.8 Å². The number of halogens is 1. The van der Waals surface area contributed by atoms with Gasteiger partial charge in [-0.3, -0.25) is 4.79 Å². The second-order valence-electron chi connectivity index (χ2n) is 6.98. The number of carbonyl (C=O) groups excluding carboxylic acids is 1. The molecule has 2 aromatic rings. The van der Waals surface area contributed by atoms with Gasteiger partial charge in [-0.1, -0.05) is 24.6 Å². The lowest BCUT2D eigenvalue weighted by Gasteiger charge is -2.34. The van der Waals surface area contributed by atoms with Crippen molar-refractivity contribution in [2.24, 2.45) is 11.8 Å². The number of pyridine rings is 1. The van der Waals surface area contributed by atoms with Crippen molar-refractivity contribution in [2.45, 2.75) is 26.8 Å². The first-order chi connectivity index (χ1) is 12.8. The summed E-state index contributed by atoms with van der Waals surface area (Å²) in [6.07, 6.45) is 3.76. The quantitative estimate of drug-likeness (QED) is 0.833. The zero-order chi connectivity index (χ0) is 19.6. The van der Waals surface area contributed by atoms with E-state index in [1.165, 1.54) is 6.20 Å². The number of carbonyl (C=O) groups is 2. The van der Waals surface area contributed by atoms with Gasteiger partial charge < -0.3 is 15.3 Å². The monoisotopic (exact) mass is 391 g/mol. The molecule has 27 heavy (non-hydrogen) atoms. The Hall–Kier alpha value is -2.61. The van der Waals surface area contributed by atoms with Crippen molar-refractivity contribution < 1.29 is 14.7 Å². The van der Waals surface area contributed by atoms with Crippen molar-refractivity contribution in [3.8, 4) is 5.82 Å². The Morgan fingerprint density at radius 1 is 1.37 bits per heavy atom. The first-order valence-electron chi connectivity index (χ1n) is 8.76. The van der Waals surface area contributed by atoms with E-state index in [2.05, 4.69) is 15.4 Å². The second-order valence-corrected chi connectivity index (χ2v) is 7.41. The molecule has 2 atom stereocenters. The summed E-state index contributed by atoms with van der Waals surface area (Å²) in [7, 11) is 0. The van der Waals surface area contributed by atoms with Crippen LogP contribution in [0, 0.1) is 18.8 Å². The van der Waals surface area contributed by atoms with Crippen LogP contribution in [0.4, 0.5) is 4.79 Å². The molecule has 2 N–H and O–H groups in total. The van der Waals surface area contributed by atoms with Crippen molar-refractivity contribution in [1.29, 1.82) is 0 Å². The number of carboxylic acid groups (broad SMARTS) is 1. The SMILES string of the molecule is Cc1ccc(CNC(=O)N2CC(C)CC(C(=O)O)C2)c(-n2cc(Cl)cn2)n1. The highest BCUT2D eigenvalue weighted by atomic mass is 35.5. The molecule has 1 aliphatic heterocycles. The molecule has 144 valence electrons. The van der Waals surface area contributed by atoms with Crippen LogP contribution in [-0.2, 0) is 11.3 Å². The molecule has 2 aromatic heterocycles. The molecular formula is C18H22ClN5O3. The summed E-state index contributed by atoms with van der Waals surface area (Å²) in [5.41, 5.74) is 1.61. The maximum absolute atomic E-state index is 12.6. The third-order valence-electron chi connectivity index (χ3n) is 4.59. The van der Waals surface area contributed by atoms with Crippen molar-refractivity contribution in [1.82, 2.24) is 25.0 Å². The fourth-order valence-corrected chi connectivity index (χ4v) is 3.44. The first-order valence-corrected chi connectivity index (χ1v) is 9.14. The van der Waals surface area contributed by atoms with Crippen LogP contribution in [0.3, 0.4) is 0 Å². The van der Waals surface area contributed by atoms with Gasteiger partial charge in [0.15, 0.2) is 5.82 Å². The number of aliphatic carboxylic acids is 1. The summed E-state index contributed by atoms with van der Waals surface area (Å²) in [4.78, 5) is 29.9. The summed E-state index contributed by atoms with van der Waals surface area (Å²) in [6.45, 7) is 4.85. The normalized spacial score (nSPS) is 19.7. The van der Waals surface area contributed by atoms with Crippen LogP contribution >= 0.6 is 11.6 Å². The number of carboxylic acids is 1. The van der Waals surface area contributed by atoms with E-state index in [-0.39, 0.29) is 25.0 Å². The van der Waals surface area contributed by atoms with Gasteiger partial charge in [0.2, 0.25) is 0 Å². The van der Waals surface area contributed by atoms with Crippen molar-refractivity contribution in [2.75, 3.05) is 13.1 Å². The lowest BCUT2D eigenvalue weighted by molar-refractivity contribution is -0.143. The van der Waals surface area contributed by atoms with E-state index in [1.807, 2.05) is 26.0 Å². The van der Waals surface area contributed by atoms with Crippen LogP contribution in [0.25, 0.3) is 5.82 Å². The Balaban J connectivity index is 1.71. The number of urea groups is 1. The molecule has 1 saturated heterocycles. The topological polar surface area (TPSA) is 100 Å². The van der Waals surface area contributed by atoms with Crippen molar-refractivity contribution in [3.63, 3.8) is 0 Å². The molecule has 3 rings (SSSR count). The van der Waals surface area contributed by atoms with Gasteiger partial charge in [-0.05, 0) is 25.3 Å². The molecule has 0 spiro atoms. The average molecular weight is 392 g/mol. The molecule has 1 aliphatic rings. The molecule has 2 amide bonds. The molecular weight excluding hydrogens is 370 g/mol. The molecule has 0 radical (unpaired) electrons. The van der Waals surface area contributed by atoms with Crippen LogP contribution < -0.4 is 5.32 Å². The van der Waals surface area contributed by atoms with Gasteiger partial charge in [-0.15, -0.1) is 0 Å². The number of nitrogens with zero attached hydrogens (tertiary/aromatic N) is 4. The van der Waals surface area contributed by atoms with Gasteiger partial charge in [-0.2, -0.15) is 5.10 Å². The number of aryl methyl sites for hydroxylation is 1. The Kier molecular flexibility index (Phi) is 5.65. The first kappa shape index (κ1) is 19.2. The van der Waals surface area contributed by atoms with Gasteiger partial charge >= 0.3 is 12.0 Å². The zero-order valence-electron chi connectivity index (χ0n) is 15.2. The summed E-state index contributed by atoms with van der Waals surface area (Å²) < 4.78 is 1.57. The maximum Gasteiger partial charge on any atom is 0.317 e. The number of hydrogen-bond acceptors (Lipinski definition) is 4. The molecule has 8 nitrogen and oxygen atoms in total. The number of hydrogen-bond donors (Lipinski definition) is 2. The zero-order valence-corrected chi connectivity index (χ0v) is 16.0. The van der Waals surface area contributed by atoms with Crippen LogP contribution in [0.2, 0.25) is 5.02 Å². The maximum atomic E-state index is 12.6. The predicted octanol–water partition coefficient (Wildman–Crippen LogP) is 2.48. The molecule has 1 fully saturated rings. The molecule has 3 heterocycles. The number of rotatable bonds is 4. The fourth-order valence-electron chi connectivity index (χ4n) is 3.30. The van der Waals surface area contributed by atoms with Crippen LogP contribution in [0.15, 0.2) is 24.5 Å². The standard InChI is InChI=1S/C18H22ClN5O3/c1-11-5-14(17(25)26)9-23(8-11)18(27)20-6-13-4-3-12(2)22-16(13)24-10-15(19)7-21-24/h3-4,7,10-11,14H,5-6,8-9H2,1-2H3,(H,20,27)(H,25,26). The fraction of sp³-hybridized carbons (Fsp3) is 0.444. The van der Waals surface area contributed by atoms with E-state index in [1.54, 1.807) is 15.8 Å². The largest absolute Gasteiger partial charge is 0.481 e. The van der Waals surface area contributed by atoms with E-state index in [0.717, 1.165) is 11.3 Å². The molecule has 0 bridgehead atoms. The Labute approximate surface area is 162 Å². The molecule has 9 heteroatoms. The molecule has 0 saturated carbocycles. The molecule has 2 unspecified atom stereocenters. The van der Waals surface area contributed by atoms with Crippen molar-refractivity contribution in [3.05, 3.63) is 40.8 Å². The number of amides is 2. The van der Waals surface area contributed by atoms with Crippen molar-refractivity contribution >= 4 is 23.6 Å². The predicted molar refractivity (Wildman–Crippen MR) is 99.8 cm³/mol. The van der Waals surface area contributed by atoms with Gasteiger partial charge in [0.05, 0.1) is 23.3 Å². The number of piperidine rings is 1. The molecule has 0 aliphatic carbocycles. The van der Waals surface area contributed by atoms with Crippen LogP contribution in [0.1, 0.15) is 24.6 Å². The van der Waals surface area contributed by atoms with E-state index < -0.39 is 11.9 Å². The Bertz CT molecular complexity index is 853. The summed E-state index contributed by atoms with van der Waals surface area (Å²) in [6, 6.07) is 3.46. The summed E-state index contributed by atoms with van der Waals surface area (Å²) >= 11 is 5.95. The average Bonchev–Trinajstić information content (AvgIpc) is 3.06. The third kappa shape index (κ3) is 4.57. The smallest absolute Gasteiger partial charge is 0.317 e. The van der Waals surface area contributed by atoms with E-state index in [4.69, 9.17) is 11.6 Å². The molecule has 0 aromatic carbocycles. The van der Waals surface area contributed by atoms with E-state index >= 15 is 0 Å². The van der Waals surface area contributed by atoms with Gasteiger partial charge in [0.1, 0.15) is 0 Å². The number of aromatic nitrogens is 3. The number of likely N-dealkylation sites (tertiary alicyclic amines) is 1. The second kappa shape index (κ2) is 7.96. The minimum Gasteiger partial charge on any atom is -0.481 e. The lowest BCUT2D eigenvalue weighted by atomic mass is 9.91. The Morgan fingerprint density at radius 3 is 2.81 bits per heavy atom. The third-order valence-corrected chi connectivity index (χ3v) is 4.78. The minimum atomic E-state index is -0.861. The van der Waals surface area contributed by atoms with E-state index in [9.17, 15) is 14.7 Å². The van der Waals surface area contributed by atoms with Gasteiger partial charge in [0.25, 0.3) is 0 Å². The highest BCUT2D eigenvalue weighted by Gasteiger charge is 2.31. The summed E-state index contributed by atoms with van der Waals surface area (Å²) in [5, 5.41) is 16.8.